The number of hydrogen-bond donors (Lipinski definition) is 2. The van der Waals surface area contributed by atoms with Crippen molar-refractivity contribution in [3.63, 3.8) is 0 Å². The van der Waals surface area contributed by atoms with Gasteiger partial charge in [0.05, 0.1) is 27.5 Å². The number of hydrogen-bond acceptors (Lipinski definition) is 5. The first kappa shape index (κ1) is 28.4. The molecule has 37 heavy (non-hydrogen) atoms. The zero-order valence-corrected chi connectivity index (χ0v) is 21.0. The summed E-state index contributed by atoms with van der Waals surface area (Å²) in [5.74, 6) is -0.339. The Balaban J connectivity index is 2.18. The molecule has 0 radical (unpaired) electrons. The Hall–Kier alpha value is -3.21. The summed E-state index contributed by atoms with van der Waals surface area (Å²) in [5.41, 5.74) is 2.82. The maximum absolute atomic E-state index is 13.9. The lowest BCUT2D eigenvalue weighted by Gasteiger charge is -2.15. The monoisotopic (exact) mass is 540 g/mol. The first-order chi connectivity index (χ1) is 17.3. The minimum Gasteiger partial charge on any atom is -0.395 e. The summed E-state index contributed by atoms with van der Waals surface area (Å²) in [6.45, 7) is 3.60. The molecule has 3 N–H and O–H groups in total. The normalized spacial score (nSPS) is 12.7. The Labute approximate surface area is 214 Å². The number of nitrogens with two attached hydrogens (primary N) is 1. The van der Waals surface area contributed by atoms with Gasteiger partial charge in [0.2, 0.25) is 0 Å². The summed E-state index contributed by atoms with van der Waals surface area (Å²) in [6, 6.07) is 6.87. The molecular formula is C26H26F6N4S. The highest BCUT2D eigenvalue weighted by molar-refractivity contribution is 7.13. The molecule has 3 rings (SSSR count). The van der Waals surface area contributed by atoms with Gasteiger partial charge in [0.15, 0.2) is 5.82 Å². The van der Waals surface area contributed by atoms with E-state index >= 15 is 0 Å². The van der Waals surface area contributed by atoms with Crippen LogP contribution in [0.3, 0.4) is 0 Å². The molecule has 0 atom stereocenters. The molecule has 0 amide bonds. The fourth-order valence-corrected chi connectivity index (χ4v) is 4.64. The van der Waals surface area contributed by atoms with Crippen molar-refractivity contribution in [1.82, 2.24) is 9.97 Å². The van der Waals surface area contributed by atoms with Crippen LogP contribution >= 0.6 is 11.3 Å². The van der Waals surface area contributed by atoms with E-state index in [1.807, 2.05) is 11.4 Å². The quantitative estimate of drug-likeness (QED) is 0.164. The average Bonchev–Trinajstić information content (AvgIpc) is 3.29. The molecule has 3 aromatic rings. The zero-order chi connectivity index (χ0) is 27.4. The Morgan fingerprint density at radius 1 is 1.03 bits per heavy atom. The van der Waals surface area contributed by atoms with Gasteiger partial charge >= 0.3 is 12.4 Å². The third kappa shape index (κ3) is 7.18. The molecule has 2 heterocycles. The van der Waals surface area contributed by atoms with Gasteiger partial charge in [-0.25, -0.2) is 9.97 Å². The molecule has 0 aliphatic heterocycles. The van der Waals surface area contributed by atoms with Gasteiger partial charge in [0.25, 0.3) is 0 Å². The molecule has 0 spiro atoms. The van der Waals surface area contributed by atoms with Crippen LogP contribution < -0.4 is 5.73 Å². The molecule has 1 aromatic carbocycles. The topological polar surface area (TPSA) is 75.7 Å². The first-order valence-electron chi connectivity index (χ1n) is 11.6. The Morgan fingerprint density at radius 2 is 1.76 bits per heavy atom. The van der Waals surface area contributed by atoms with E-state index < -0.39 is 29.3 Å². The third-order valence-corrected chi connectivity index (χ3v) is 6.61. The van der Waals surface area contributed by atoms with Crippen LogP contribution in [0.4, 0.5) is 26.3 Å². The highest BCUT2D eigenvalue weighted by atomic mass is 32.1. The molecule has 11 heteroatoms. The maximum atomic E-state index is 13.9. The summed E-state index contributed by atoms with van der Waals surface area (Å²) < 4.78 is 80.5. The van der Waals surface area contributed by atoms with Crippen LogP contribution in [0.1, 0.15) is 55.0 Å². The van der Waals surface area contributed by atoms with Crippen molar-refractivity contribution in [2.75, 3.05) is 0 Å². The van der Waals surface area contributed by atoms with Crippen molar-refractivity contribution in [3.8, 4) is 22.0 Å². The lowest BCUT2D eigenvalue weighted by Crippen LogP contribution is -2.21. The van der Waals surface area contributed by atoms with E-state index in [0.29, 0.717) is 22.9 Å². The minimum absolute atomic E-state index is 0.234. The van der Waals surface area contributed by atoms with E-state index in [1.165, 1.54) is 36.5 Å². The smallest absolute Gasteiger partial charge is 0.395 e. The summed E-state index contributed by atoms with van der Waals surface area (Å²) in [6.07, 6.45) is -4.44. The zero-order valence-electron chi connectivity index (χ0n) is 20.2. The molecule has 4 nitrogen and oxygen atoms in total. The summed E-state index contributed by atoms with van der Waals surface area (Å²) in [4.78, 5) is 9.13. The molecule has 0 fully saturated rings. The van der Waals surface area contributed by atoms with Crippen molar-refractivity contribution in [1.29, 1.82) is 5.41 Å². The summed E-state index contributed by atoms with van der Waals surface area (Å²) in [5, 5.41) is 10.0. The molecule has 0 saturated carbocycles. The van der Waals surface area contributed by atoms with Crippen LogP contribution in [0.2, 0.25) is 0 Å². The number of nitrogens with zero attached hydrogens (tertiary/aromatic N) is 2. The number of halogens is 6. The van der Waals surface area contributed by atoms with Gasteiger partial charge in [-0.1, -0.05) is 43.9 Å². The highest BCUT2D eigenvalue weighted by Gasteiger charge is 2.35. The number of alkyl halides is 6. The number of thiophene rings is 1. The van der Waals surface area contributed by atoms with Gasteiger partial charge in [-0.15, -0.1) is 11.3 Å². The SMILES string of the molecule is CCCCCCc1ccsc1-c1cc(C(=N)C=C(N)C(F)(F)F)nc(-c2ccc(C)cc2C(F)(F)F)n1. The Morgan fingerprint density at radius 3 is 2.41 bits per heavy atom. The van der Waals surface area contributed by atoms with Gasteiger partial charge < -0.3 is 5.73 Å². The molecule has 0 bridgehead atoms. The van der Waals surface area contributed by atoms with E-state index in [4.69, 9.17) is 11.1 Å². The number of rotatable bonds is 9. The maximum Gasteiger partial charge on any atom is 0.430 e. The molecular weight excluding hydrogens is 514 g/mol. The highest BCUT2D eigenvalue weighted by Crippen LogP contribution is 2.38. The van der Waals surface area contributed by atoms with E-state index in [0.717, 1.165) is 37.3 Å². The van der Waals surface area contributed by atoms with E-state index in [-0.39, 0.29) is 22.8 Å². The van der Waals surface area contributed by atoms with Crippen LogP contribution in [-0.2, 0) is 12.6 Å². The molecule has 0 saturated heterocycles. The van der Waals surface area contributed by atoms with Crippen molar-refractivity contribution in [2.45, 2.75) is 58.3 Å². The number of unbranched alkanes of at least 4 members (excludes halogenated alkanes) is 3. The molecule has 198 valence electrons. The molecule has 0 unspecified atom stereocenters. The molecule has 2 aromatic heterocycles. The average molecular weight is 541 g/mol. The van der Waals surface area contributed by atoms with Crippen LogP contribution in [0, 0.1) is 12.3 Å². The van der Waals surface area contributed by atoms with Gasteiger partial charge in [-0.05, 0) is 55.0 Å². The lowest BCUT2D eigenvalue weighted by atomic mass is 10.0. The second-order valence-corrected chi connectivity index (χ2v) is 9.52. The fraction of sp³-hybridized carbons (Fsp3) is 0.346. The van der Waals surface area contributed by atoms with Gasteiger partial charge in [0, 0.05) is 5.56 Å². The second kappa shape index (κ2) is 11.5. The molecule has 0 aliphatic carbocycles. The summed E-state index contributed by atoms with van der Waals surface area (Å²) >= 11 is 1.32. The number of nitrogens with one attached hydrogen (secondary N) is 1. The van der Waals surface area contributed by atoms with Crippen molar-refractivity contribution < 1.29 is 26.3 Å². The first-order valence-corrected chi connectivity index (χ1v) is 12.5. The van der Waals surface area contributed by atoms with E-state index in [2.05, 4.69) is 16.9 Å². The van der Waals surface area contributed by atoms with Crippen LogP contribution in [0.15, 0.2) is 47.5 Å². The fourth-order valence-electron chi connectivity index (χ4n) is 3.72. The Bertz CT molecular complexity index is 1290. The number of aryl methyl sites for hydroxylation is 2. The number of benzene rings is 1. The third-order valence-electron chi connectivity index (χ3n) is 5.63. The number of aromatic nitrogens is 2. The van der Waals surface area contributed by atoms with Crippen LogP contribution in [-0.4, -0.2) is 21.9 Å². The van der Waals surface area contributed by atoms with Crippen LogP contribution in [0.5, 0.6) is 0 Å². The number of allylic oxidation sites excluding steroid dienone is 2. The lowest BCUT2D eigenvalue weighted by molar-refractivity contribution is -0.137. The van der Waals surface area contributed by atoms with E-state index in [1.54, 1.807) is 0 Å². The van der Waals surface area contributed by atoms with Crippen LogP contribution in [0.25, 0.3) is 22.0 Å². The van der Waals surface area contributed by atoms with Crippen molar-refractivity contribution in [2.24, 2.45) is 5.73 Å². The predicted molar refractivity (Wildman–Crippen MR) is 134 cm³/mol. The van der Waals surface area contributed by atoms with Gasteiger partial charge in [-0.3, -0.25) is 5.41 Å². The van der Waals surface area contributed by atoms with Crippen molar-refractivity contribution >= 4 is 17.0 Å². The van der Waals surface area contributed by atoms with Gasteiger partial charge in [0.1, 0.15) is 5.70 Å². The van der Waals surface area contributed by atoms with Crippen molar-refractivity contribution in [3.05, 3.63) is 69.9 Å². The van der Waals surface area contributed by atoms with Gasteiger partial charge in [-0.2, -0.15) is 26.3 Å². The largest absolute Gasteiger partial charge is 0.430 e. The standard InChI is InChI=1S/C26H26F6N4S/c1-3-4-5-6-7-16-10-11-37-23(16)21-14-20(19(33)13-22(34)26(30,31)32)35-24(36-21)17-9-8-15(2)12-18(17)25(27,28)29/h8-14,33H,3-7,34H2,1-2H3. The summed E-state index contributed by atoms with van der Waals surface area (Å²) in [7, 11) is 0. The van der Waals surface area contributed by atoms with E-state index in [9.17, 15) is 26.3 Å². The second-order valence-electron chi connectivity index (χ2n) is 8.61. The predicted octanol–water partition coefficient (Wildman–Crippen LogP) is 8.09. The minimum atomic E-state index is -4.87. The molecule has 0 aliphatic rings. The Kier molecular flexibility index (Phi) is 8.78.